The van der Waals surface area contributed by atoms with E-state index in [9.17, 15) is 5.11 Å². The van der Waals surface area contributed by atoms with Gasteiger partial charge in [0, 0.05) is 26.2 Å². The van der Waals surface area contributed by atoms with Gasteiger partial charge in [-0.25, -0.2) is 0 Å². The molecule has 0 unspecified atom stereocenters. The van der Waals surface area contributed by atoms with Gasteiger partial charge in [0.2, 0.25) is 0 Å². The van der Waals surface area contributed by atoms with Crippen LogP contribution in [-0.4, -0.2) is 60.8 Å². The van der Waals surface area contributed by atoms with Crippen molar-refractivity contribution in [2.45, 2.75) is 59.0 Å². The lowest BCUT2D eigenvalue weighted by molar-refractivity contribution is 0.122. The van der Waals surface area contributed by atoms with E-state index in [2.05, 4.69) is 37.6 Å². The molecule has 1 heterocycles. The largest absolute Gasteiger partial charge is 0.393 e. The molecule has 1 N–H and O–H groups in total. The molecule has 1 atom stereocenters. The van der Waals surface area contributed by atoms with Crippen LogP contribution in [0.25, 0.3) is 0 Å². The van der Waals surface area contributed by atoms with E-state index in [-0.39, 0.29) is 6.10 Å². The van der Waals surface area contributed by atoms with Crippen molar-refractivity contribution in [2.75, 3.05) is 39.8 Å². The first-order valence-electron chi connectivity index (χ1n) is 7.96. The molecule has 0 radical (unpaired) electrons. The highest BCUT2D eigenvalue weighted by atomic mass is 16.3. The SMILES string of the molecule is CN1CCN(CCC[C@@H](O)CCCC(C)(C)C)CC1. The minimum absolute atomic E-state index is 0.0881. The van der Waals surface area contributed by atoms with Crippen LogP contribution in [0.4, 0.5) is 0 Å². The molecule has 1 saturated heterocycles. The Bertz CT molecular complexity index is 229. The van der Waals surface area contributed by atoms with Crippen molar-refractivity contribution >= 4 is 0 Å². The maximum Gasteiger partial charge on any atom is 0.0540 e. The lowest BCUT2D eigenvalue weighted by atomic mass is 9.89. The fraction of sp³-hybridized carbons (Fsp3) is 1.00. The molecule has 0 aromatic heterocycles. The Morgan fingerprint density at radius 2 is 1.58 bits per heavy atom. The highest BCUT2D eigenvalue weighted by Crippen LogP contribution is 2.22. The molecule has 0 aromatic rings. The Kier molecular flexibility index (Phi) is 7.33. The topological polar surface area (TPSA) is 26.7 Å². The van der Waals surface area contributed by atoms with E-state index in [0.717, 1.165) is 32.2 Å². The first-order chi connectivity index (χ1) is 8.87. The van der Waals surface area contributed by atoms with Gasteiger partial charge in [-0.15, -0.1) is 0 Å². The highest BCUT2D eigenvalue weighted by molar-refractivity contribution is 4.70. The summed E-state index contributed by atoms with van der Waals surface area (Å²) in [6.45, 7) is 12.7. The molecule has 0 amide bonds. The van der Waals surface area contributed by atoms with Gasteiger partial charge in [-0.05, 0) is 44.7 Å². The molecule has 0 spiro atoms. The lowest BCUT2D eigenvalue weighted by Crippen LogP contribution is -2.44. The summed E-state index contributed by atoms with van der Waals surface area (Å²) in [7, 11) is 2.19. The third kappa shape index (κ3) is 8.61. The zero-order chi connectivity index (χ0) is 14.3. The van der Waals surface area contributed by atoms with Crippen LogP contribution in [0, 0.1) is 5.41 Å². The van der Waals surface area contributed by atoms with Crippen molar-refractivity contribution < 1.29 is 5.11 Å². The van der Waals surface area contributed by atoms with Gasteiger partial charge in [0.25, 0.3) is 0 Å². The van der Waals surface area contributed by atoms with E-state index in [1.807, 2.05) is 0 Å². The average Bonchev–Trinajstić information content (AvgIpc) is 2.30. The number of hydrogen-bond donors (Lipinski definition) is 1. The van der Waals surface area contributed by atoms with Crippen molar-refractivity contribution in [2.24, 2.45) is 5.41 Å². The van der Waals surface area contributed by atoms with E-state index in [0.29, 0.717) is 5.41 Å². The summed E-state index contributed by atoms with van der Waals surface area (Å²) < 4.78 is 0. The van der Waals surface area contributed by atoms with Gasteiger partial charge in [0.15, 0.2) is 0 Å². The van der Waals surface area contributed by atoms with Crippen LogP contribution in [0.2, 0.25) is 0 Å². The van der Waals surface area contributed by atoms with E-state index in [1.54, 1.807) is 0 Å². The Labute approximate surface area is 120 Å². The quantitative estimate of drug-likeness (QED) is 0.770. The van der Waals surface area contributed by atoms with Gasteiger partial charge in [0.05, 0.1) is 6.10 Å². The van der Waals surface area contributed by atoms with E-state index in [1.165, 1.54) is 32.6 Å². The molecule has 1 fully saturated rings. The van der Waals surface area contributed by atoms with Crippen LogP contribution in [0.15, 0.2) is 0 Å². The molecule has 1 aliphatic heterocycles. The van der Waals surface area contributed by atoms with Crippen LogP contribution >= 0.6 is 0 Å². The third-order valence-electron chi connectivity index (χ3n) is 4.07. The normalized spacial score (nSPS) is 20.7. The van der Waals surface area contributed by atoms with Gasteiger partial charge in [-0.2, -0.15) is 0 Å². The Morgan fingerprint density at radius 3 is 2.16 bits per heavy atom. The smallest absolute Gasteiger partial charge is 0.0540 e. The number of likely N-dealkylation sites (N-methyl/N-ethyl adjacent to an activating group) is 1. The third-order valence-corrected chi connectivity index (χ3v) is 4.07. The maximum absolute atomic E-state index is 9.99. The summed E-state index contributed by atoms with van der Waals surface area (Å²) in [5.74, 6) is 0. The van der Waals surface area contributed by atoms with Crippen LogP contribution in [-0.2, 0) is 0 Å². The number of nitrogens with zero attached hydrogens (tertiary/aromatic N) is 2. The molecule has 0 aromatic carbocycles. The molecule has 3 heteroatoms. The summed E-state index contributed by atoms with van der Waals surface area (Å²) in [6.07, 6.45) is 5.35. The van der Waals surface area contributed by atoms with Crippen LogP contribution < -0.4 is 0 Å². The van der Waals surface area contributed by atoms with Crippen molar-refractivity contribution in [1.82, 2.24) is 9.80 Å². The van der Waals surface area contributed by atoms with Crippen molar-refractivity contribution in [3.8, 4) is 0 Å². The molecule has 0 bridgehead atoms. The number of aliphatic hydroxyl groups is 1. The summed E-state index contributed by atoms with van der Waals surface area (Å²) in [5, 5.41) is 9.99. The molecule has 3 nitrogen and oxygen atoms in total. The Hall–Kier alpha value is -0.120. The summed E-state index contributed by atoms with van der Waals surface area (Å²) >= 11 is 0. The van der Waals surface area contributed by atoms with Gasteiger partial charge in [-0.3, -0.25) is 0 Å². The second-order valence-corrected chi connectivity index (χ2v) is 7.39. The van der Waals surface area contributed by atoms with Crippen molar-refractivity contribution in [3.05, 3.63) is 0 Å². The monoisotopic (exact) mass is 270 g/mol. The Morgan fingerprint density at radius 1 is 1.00 bits per heavy atom. The first-order valence-corrected chi connectivity index (χ1v) is 7.96. The zero-order valence-corrected chi connectivity index (χ0v) is 13.5. The predicted octanol–water partition coefficient (Wildman–Crippen LogP) is 2.59. The minimum atomic E-state index is -0.0881. The lowest BCUT2D eigenvalue weighted by Gasteiger charge is -2.32. The van der Waals surface area contributed by atoms with Crippen LogP contribution in [0.3, 0.4) is 0 Å². The number of piperazine rings is 1. The van der Waals surface area contributed by atoms with E-state index >= 15 is 0 Å². The fourth-order valence-corrected chi connectivity index (χ4v) is 2.63. The molecule has 1 rings (SSSR count). The first kappa shape index (κ1) is 16.9. The fourth-order valence-electron chi connectivity index (χ4n) is 2.63. The summed E-state index contributed by atoms with van der Waals surface area (Å²) in [6, 6.07) is 0. The molecular formula is C16H34N2O. The van der Waals surface area contributed by atoms with Gasteiger partial charge >= 0.3 is 0 Å². The summed E-state index contributed by atoms with van der Waals surface area (Å²) in [4.78, 5) is 4.92. The maximum atomic E-state index is 9.99. The van der Waals surface area contributed by atoms with Crippen molar-refractivity contribution in [1.29, 1.82) is 0 Å². The molecule has 114 valence electrons. The molecule has 1 aliphatic rings. The van der Waals surface area contributed by atoms with Crippen LogP contribution in [0.5, 0.6) is 0 Å². The second-order valence-electron chi connectivity index (χ2n) is 7.39. The van der Waals surface area contributed by atoms with Crippen LogP contribution in [0.1, 0.15) is 52.9 Å². The minimum Gasteiger partial charge on any atom is -0.393 e. The molecule has 19 heavy (non-hydrogen) atoms. The van der Waals surface area contributed by atoms with Gasteiger partial charge < -0.3 is 14.9 Å². The number of rotatable bonds is 7. The number of hydrogen-bond acceptors (Lipinski definition) is 3. The van der Waals surface area contributed by atoms with Gasteiger partial charge in [0.1, 0.15) is 0 Å². The van der Waals surface area contributed by atoms with E-state index in [4.69, 9.17) is 0 Å². The predicted molar refractivity (Wildman–Crippen MR) is 82.5 cm³/mol. The Balaban J connectivity index is 1.99. The van der Waals surface area contributed by atoms with E-state index < -0.39 is 0 Å². The highest BCUT2D eigenvalue weighted by Gasteiger charge is 2.14. The second kappa shape index (κ2) is 8.23. The standard InChI is InChI=1S/C16H34N2O/c1-16(2,3)9-5-7-15(19)8-6-10-18-13-11-17(4)12-14-18/h15,19H,5-14H2,1-4H3/t15-/m0/s1. The average molecular weight is 270 g/mol. The summed E-state index contributed by atoms with van der Waals surface area (Å²) in [5.41, 5.74) is 0.402. The number of aliphatic hydroxyl groups excluding tert-OH is 1. The molecular weight excluding hydrogens is 236 g/mol. The zero-order valence-electron chi connectivity index (χ0n) is 13.5. The van der Waals surface area contributed by atoms with Crippen molar-refractivity contribution in [3.63, 3.8) is 0 Å². The molecule has 0 aliphatic carbocycles. The molecule has 0 saturated carbocycles. The van der Waals surface area contributed by atoms with Gasteiger partial charge in [-0.1, -0.05) is 27.2 Å².